The quantitative estimate of drug-likeness (QED) is 0.476. The summed E-state index contributed by atoms with van der Waals surface area (Å²) < 4.78 is 10.1. The molecule has 0 aliphatic rings. The zero-order valence-corrected chi connectivity index (χ0v) is 15.6. The maximum Gasteiger partial charge on any atom is 0.337 e. The Morgan fingerprint density at radius 3 is 2.62 bits per heavy atom. The van der Waals surface area contributed by atoms with Crippen LogP contribution in [0.5, 0.6) is 0 Å². The Labute approximate surface area is 157 Å². The smallest absolute Gasteiger partial charge is 0.337 e. The Kier molecular flexibility index (Phi) is 4.36. The summed E-state index contributed by atoms with van der Waals surface area (Å²) in [5, 5.41) is 9.06. The molecule has 0 aliphatic heterocycles. The first-order valence-corrected chi connectivity index (χ1v) is 9.44. The highest BCUT2D eigenvalue weighted by Gasteiger charge is 2.18. The van der Waals surface area contributed by atoms with Gasteiger partial charge in [-0.2, -0.15) is 16.3 Å². The molecule has 0 fully saturated rings. The number of methoxy groups -OCH3 is 1. The minimum Gasteiger partial charge on any atom is -0.465 e. The minimum absolute atomic E-state index is 0.383. The summed E-state index contributed by atoms with van der Waals surface area (Å²) in [4.78, 5) is 21.4. The molecule has 3 aromatic heterocycles. The van der Waals surface area contributed by atoms with Crippen LogP contribution in [0.1, 0.15) is 16.1 Å². The molecule has 0 aliphatic carbocycles. The number of aromatic nitrogens is 3. The third-order valence-corrected chi connectivity index (χ3v) is 5.63. The summed E-state index contributed by atoms with van der Waals surface area (Å²) in [6.45, 7) is 1.93. The van der Waals surface area contributed by atoms with E-state index in [2.05, 4.69) is 20.5 Å². The fraction of sp³-hybridized carbons (Fsp3) is 0.111. The van der Waals surface area contributed by atoms with Gasteiger partial charge in [-0.1, -0.05) is 17.3 Å². The molecule has 0 atom stereocenters. The van der Waals surface area contributed by atoms with Crippen molar-refractivity contribution in [2.24, 2.45) is 0 Å². The molecule has 3 heterocycles. The molecule has 6 nitrogen and oxygen atoms in total. The van der Waals surface area contributed by atoms with Crippen LogP contribution in [0.2, 0.25) is 0 Å². The molecule has 0 saturated carbocycles. The normalized spacial score (nSPS) is 10.8. The van der Waals surface area contributed by atoms with E-state index in [1.54, 1.807) is 35.6 Å². The van der Waals surface area contributed by atoms with E-state index >= 15 is 0 Å². The lowest BCUT2D eigenvalue weighted by molar-refractivity contribution is 0.0601. The fourth-order valence-corrected chi connectivity index (χ4v) is 4.11. The van der Waals surface area contributed by atoms with Gasteiger partial charge in [0.1, 0.15) is 9.88 Å². The van der Waals surface area contributed by atoms with Crippen LogP contribution in [-0.4, -0.2) is 28.2 Å². The average molecular weight is 383 g/mol. The van der Waals surface area contributed by atoms with E-state index in [1.165, 1.54) is 18.4 Å². The minimum atomic E-state index is -0.383. The summed E-state index contributed by atoms with van der Waals surface area (Å²) in [6, 6.07) is 8.90. The number of aryl methyl sites for hydroxylation is 1. The van der Waals surface area contributed by atoms with Crippen molar-refractivity contribution in [1.82, 2.24) is 15.1 Å². The molecule has 8 heteroatoms. The Bertz CT molecular complexity index is 1050. The molecular weight excluding hydrogens is 370 g/mol. The molecule has 1 aromatic carbocycles. The zero-order chi connectivity index (χ0) is 18.1. The SMILES string of the molecule is COC(=O)c1ccc(-c2noc(-c3sc(-c4ccsc4)nc3C)n2)cc1. The lowest BCUT2D eigenvalue weighted by Crippen LogP contribution is -2.00. The zero-order valence-electron chi connectivity index (χ0n) is 13.9. The van der Waals surface area contributed by atoms with E-state index in [0.29, 0.717) is 17.3 Å². The predicted molar refractivity (Wildman–Crippen MR) is 100 cm³/mol. The van der Waals surface area contributed by atoms with Crippen LogP contribution in [0.15, 0.2) is 45.6 Å². The Morgan fingerprint density at radius 1 is 1.12 bits per heavy atom. The number of hydrogen-bond donors (Lipinski definition) is 0. The standard InChI is InChI=1S/C18H13N3O3S2/c1-10-14(26-17(19-10)13-7-8-25-9-13)16-20-15(21-24-16)11-3-5-12(6-4-11)18(22)23-2/h3-9H,1-2H3. The van der Waals surface area contributed by atoms with Crippen LogP contribution >= 0.6 is 22.7 Å². The van der Waals surface area contributed by atoms with Gasteiger partial charge in [0.2, 0.25) is 5.82 Å². The number of ether oxygens (including phenoxy) is 1. The molecule has 26 heavy (non-hydrogen) atoms. The average Bonchev–Trinajstić information content (AvgIpc) is 3.41. The fourth-order valence-electron chi connectivity index (χ4n) is 2.41. The maximum atomic E-state index is 11.5. The second-order valence-electron chi connectivity index (χ2n) is 5.44. The molecule has 0 bridgehead atoms. The van der Waals surface area contributed by atoms with Gasteiger partial charge in [-0.25, -0.2) is 9.78 Å². The summed E-state index contributed by atoms with van der Waals surface area (Å²) >= 11 is 3.16. The van der Waals surface area contributed by atoms with E-state index in [-0.39, 0.29) is 5.97 Å². The highest BCUT2D eigenvalue weighted by molar-refractivity contribution is 7.18. The van der Waals surface area contributed by atoms with Gasteiger partial charge in [-0.05, 0) is 30.5 Å². The molecule has 0 spiro atoms. The summed E-state index contributed by atoms with van der Waals surface area (Å²) in [6.07, 6.45) is 0. The van der Waals surface area contributed by atoms with Crippen LogP contribution in [0, 0.1) is 6.92 Å². The number of hydrogen-bond acceptors (Lipinski definition) is 8. The monoisotopic (exact) mass is 383 g/mol. The van der Waals surface area contributed by atoms with Gasteiger partial charge in [-0.3, -0.25) is 0 Å². The number of nitrogens with zero attached hydrogens (tertiary/aromatic N) is 3. The first kappa shape index (κ1) is 16.6. The topological polar surface area (TPSA) is 78.1 Å². The maximum absolute atomic E-state index is 11.5. The summed E-state index contributed by atoms with van der Waals surface area (Å²) in [5.74, 6) is 0.515. The van der Waals surface area contributed by atoms with E-state index in [0.717, 1.165) is 26.7 Å². The number of thiazole rings is 1. The van der Waals surface area contributed by atoms with Gasteiger partial charge >= 0.3 is 5.97 Å². The van der Waals surface area contributed by atoms with Gasteiger partial charge in [-0.15, -0.1) is 11.3 Å². The van der Waals surface area contributed by atoms with Crippen LogP contribution in [0.25, 0.3) is 32.7 Å². The number of esters is 1. The molecule has 4 aromatic rings. The van der Waals surface area contributed by atoms with Crippen LogP contribution < -0.4 is 0 Å². The lowest BCUT2D eigenvalue weighted by Gasteiger charge is -1.99. The van der Waals surface area contributed by atoms with Crippen molar-refractivity contribution in [3.63, 3.8) is 0 Å². The summed E-state index contributed by atoms with van der Waals surface area (Å²) in [7, 11) is 1.35. The van der Waals surface area contributed by atoms with E-state index < -0.39 is 0 Å². The van der Waals surface area contributed by atoms with Crippen molar-refractivity contribution in [3.05, 3.63) is 52.3 Å². The number of carbonyl (C=O) groups excluding carboxylic acids is 1. The lowest BCUT2D eigenvalue weighted by atomic mass is 10.1. The number of benzene rings is 1. The second-order valence-corrected chi connectivity index (χ2v) is 7.22. The molecule has 0 unspecified atom stereocenters. The highest BCUT2D eigenvalue weighted by Crippen LogP contribution is 2.35. The van der Waals surface area contributed by atoms with Crippen LogP contribution in [0.3, 0.4) is 0 Å². The Morgan fingerprint density at radius 2 is 1.92 bits per heavy atom. The van der Waals surface area contributed by atoms with Crippen molar-refractivity contribution in [2.45, 2.75) is 6.92 Å². The molecule has 0 radical (unpaired) electrons. The molecule has 0 N–H and O–H groups in total. The first-order chi connectivity index (χ1) is 12.7. The molecular formula is C18H13N3O3S2. The van der Waals surface area contributed by atoms with Gasteiger partial charge < -0.3 is 9.26 Å². The Hall–Kier alpha value is -2.84. The van der Waals surface area contributed by atoms with Crippen LogP contribution in [-0.2, 0) is 4.74 Å². The van der Waals surface area contributed by atoms with Crippen molar-refractivity contribution < 1.29 is 14.1 Å². The molecule has 0 amide bonds. The van der Waals surface area contributed by atoms with Crippen molar-refractivity contribution in [3.8, 4) is 32.7 Å². The number of rotatable bonds is 4. The molecule has 4 rings (SSSR count). The largest absolute Gasteiger partial charge is 0.465 e. The predicted octanol–water partition coefficient (Wildman–Crippen LogP) is 4.68. The molecule has 130 valence electrons. The van der Waals surface area contributed by atoms with Crippen molar-refractivity contribution in [1.29, 1.82) is 0 Å². The second kappa shape index (κ2) is 6.81. The van der Waals surface area contributed by atoms with Gasteiger partial charge in [0.25, 0.3) is 5.89 Å². The molecule has 0 saturated heterocycles. The summed E-state index contributed by atoms with van der Waals surface area (Å²) in [5.41, 5.74) is 3.17. The van der Waals surface area contributed by atoms with E-state index in [9.17, 15) is 4.79 Å². The van der Waals surface area contributed by atoms with E-state index in [4.69, 9.17) is 9.26 Å². The third kappa shape index (κ3) is 3.04. The van der Waals surface area contributed by atoms with E-state index in [1.807, 2.05) is 18.4 Å². The van der Waals surface area contributed by atoms with Crippen molar-refractivity contribution in [2.75, 3.05) is 7.11 Å². The van der Waals surface area contributed by atoms with Gasteiger partial charge in [0.15, 0.2) is 0 Å². The first-order valence-electron chi connectivity index (χ1n) is 7.68. The van der Waals surface area contributed by atoms with Crippen molar-refractivity contribution >= 4 is 28.6 Å². The van der Waals surface area contributed by atoms with Gasteiger partial charge in [0, 0.05) is 16.5 Å². The van der Waals surface area contributed by atoms with Gasteiger partial charge in [0.05, 0.1) is 18.4 Å². The van der Waals surface area contributed by atoms with Crippen LogP contribution in [0.4, 0.5) is 0 Å². The Balaban J connectivity index is 1.63. The number of carbonyl (C=O) groups is 1. The number of thiophene rings is 1. The highest BCUT2D eigenvalue weighted by atomic mass is 32.1. The third-order valence-electron chi connectivity index (χ3n) is 3.75.